The second kappa shape index (κ2) is 4.79. The Morgan fingerprint density at radius 2 is 1.73 bits per heavy atom. The molecule has 2 aliphatic rings. The molecule has 0 radical (unpaired) electrons. The average Bonchev–Trinajstić information content (AvgIpc) is 2.31. The summed E-state index contributed by atoms with van der Waals surface area (Å²) < 4.78 is 13.9. The number of rotatable bonds is 2. The predicted octanol–water partition coefficient (Wildman–Crippen LogP) is 2.08. The Hall–Kier alpha value is -0.150. The number of nitrogens with zero attached hydrogens (tertiary/aromatic N) is 1. The number of hydrogen-bond donors (Lipinski definition) is 1. The molecule has 0 spiro atoms. The van der Waals surface area contributed by atoms with Crippen LogP contribution in [0.15, 0.2) is 0 Å². The highest BCUT2D eigenvalue weighted by Crippen LogP contribution is 2.30. The van der Waals surface area contributed by atoms with Gasteiger partial charge in [0.2, 0.25) is 0 Å². The van der Waals surface area contributed by atoms with Crippen molar-refractivity contribution in [1.29, 1.82) is 0 Å². The summed E-state index contributed by atoms with van der Waals surface area (Å²) in [5, 5.41) is 0. The first-order valence-corrected chi connectivity index (χ1v) is 6.37. The van der Waals surface area contributed by atoms with Crippen LogP contribution >= 0.6 is 0 Å². The van der Waals surface area contributed by atoms with Crippen LogP contribution in [0.1, 0.15) is 44.9 Å². The molecule has 2 nitrogen and oxygen atoms in total. The van der Waals surface area contributed by atoms with Gasteiger partial charge in [-0.05, 0) is 25.7 Å². The quantitative estimate of drug-likeness (QED) is 0.762. The molecule has 1 saturated carbocycles. The zero-order valence-corrected chi connectivity index (χ0v) is 9.55. The maximum atomic E-state index is 13.9. The topological polar surface area (TPSA) is 29.3 Å². The molecule has 0 aromatic rings. The minimum atomic E-state index is -1.06. The van der Waals surface area contributed by atoms with Crippen molar-refractivity contribution in [2.45, 2.75) is 56.7 Å². The summed E-state index contributed by atoms with van der Waals surface area (Å²) in [6.07, 6.45) is 8.03. The summed E-state index contributed by atoms with van der Waals surface area (Å²) in [6.45, 7) is 2.03. The minimum Gasteiger partial charge on any atom is -0.328 e. The molecule has 1 heterocycles. The van der Waals surface area contributed by atoms with E-state index in [1.54, 1.807) is 0 Å². The summed E-state index contributed by atoms with van der Waals surface area (Å²) in [6, 6.07) is 0.737. The van der Waals surface area contributed by atoms with Crippen LogP contribution in [0.5, 0.6) is 0 Å². The monoisotopic (exact) mass is 214 g/mol. The van der Waals surface area contributed by atoms with E-state index in [0.29, 0.717) is 12.8 Å². The molecule has 0 atom stereocenters. The third kappa shape index (κ3) is 2.70. The van der Waals surface area contributed by atoms with E-state index in [0.717, 1.165) is 19.1 Å². The normalized spacial score (nSPS) is 29.2. The lowest BCUT2D eigenvalue weighted by atomic mass is 9.89. The molecule has 1 saturated heterocycles. The fourth-order valence-corrected chi connectivity index (χ4v) is 2.94. The van der Waals surface area contributed by atoms with E-state index in [1.165, 1.54) is 32.1 Å². The summed E-state index contributed by atoms with van der Waals surface area (Å²) in [4.78, 5) is 2.49. The van der Waals surface area contributed by atoms with E-state index in [1.807, 2.05) is 0 Å². The van der Waals surface area contributed by atoms with Gasteiger partial charge in [0, 0.05) is 25.7 Å². The Balaban J connectivity index is 1.82. The largest absolute Gasteiger partial charge is 0.328 e. The fourth-order valence-electron chi connectivity index (χ4n) is 2.94. The molecule has 2 rings (SSSR count). The molecule has 0 aromatic carbocycles. The van der Waals surface area contributed by atoms with Crippen molar-refractivity contribution in [3.05, 3.63) is 0 Å². The molecule has 0 amide bonds. The highest BCUT2D eigenvalue weighted by atomic mass is 19.1. The van der Waals surface area contributed by atoms with Crippen molar-refractivity contribution in [1.82, 2.24) is 4.90 Å². The van der Waals surface area contributed by atoms with Crippen LogP contribution in [0.3, 0.4) is 0 Å². The van der Waals surface area contributed by atoms with Crippen LogP contribution in [-0.4, -0.2) is 36.2 Å². The van der Waals surface area contributed by atoms with Gasteiger partial charge in [-0.3, -0.25) is 0 Å². The summed E-state index contributed by atoms with van der Waals surface area (Å²) in [7, 11) is 0. The van der Waals surface area contributed by atoms with Crippen LogP contribution in [0.25, 0.3) is 0 Å². The SMILES string of the molecule is NCC1(F)CCN(C2CCCCC2)CC1. The van der Waals surface area contributed by atoms with Gasteiger partial charge in [0.15, 0.2) is 0 Å². The summed E-state index contributed by atoms with van der Waals surface area (Å²) in [5.74, 6) is 0. The van der Waals surface area contributed by atoms with Gasteiger partial charge in [-0.1, -0.05) is 19.3 Å². The number of likely N-dealkylation sites (tertiary alicyclic amines) is 1. The van der Waals surface area contributed by atoms with Crippen LogP contribution in [0.4, 0.5) is 4.39 Å². The third-order valence-corrected chi connectivity index (χ3v) is 4.15. The van der Waals surface area contributed by atoms with Gasteiger partial charge in [0.1, 0.15) is 5.67 Å². The maximum Gasteiger partial charge on any atom is 0.125 e. The van der Waals surface area contributed by atoms with E-state index in [-0.39, 0.29) is 6.54 Å². The molecule has 88 valence electrons. The molecule has 0 unspecified atom stereocenters. The molecule has 0 aromatic heterocycles. The lowest BCUT2D eigenvalue weighted by Gasteiger charge is -2.41. The Bertz CT molecular complexity index is 194. The Morgan fingerprint density at radius 3 is 2.27 bits per heavy atom. The number of hydrogen-bond acceptors (Lipinski definition) is 2. The smallest absolute Gasteiger partial charge is 0.125 e. The molecule has 3 heteroatoms. The standard InChI is InChI=1S/C12H23FN2/c13-12(10-14)6-8-15(9-7-12)11-4-2-1-3-5-11/h11H,1-10,14H2. The average molecular weight is 214 g/mol. The molecule has 0 bridgehead atoms. The molecule has 2 fully saturated rings. The van der Waals surface area contributed by atoms with E-state index in [2.05, 4.69) is 4.90 Å². The second-order valence-corrected chi connectivity index (χ2v) is 5.18. The second-order valence-electron chi connectivity index (χ2n) is 5.18. The van der Waals surface area contributed by atoms with E-state index >= 15 is 0 Å². The van der Waals surface area contributed by atoms with Crippen molar-refractivity contribution < 1.29 is 4.39 Å². The van der Waals surface area contributed by atoms with E-state index < -0.39 is 5.67 Å². The van der Waals surface area contributed by atoms with Crippen LogP contribution in [0.2, 0.25) is 0 Å². The highest BCUT2D eigenvalue weighted by Gasteiger charge is 2.35. The van der Waals surface area contributed by atoms with Crippen molar-refractivity contribution in [2.24, 2.45) is 5.73 Å². The number of piperidine rings is 1. The van der Waals surface area contributed by atoms with Gasteiger partial charge >= 0.3 is 0 Å². The highest BCUT2D eigenvalue weighted by molar-refractivity contribution is 4.89. The molecule has 1 aliphatic heterocycles. The van der Waals surface area contributed by atoms with E-state index in [9.17, 15) is 4.39 Å². The van der Waals surface area contributed by atoms with Gasteiger partial charge in [0.25, 0.3) is 0 Å². The predicted molar refractivity (Wildman–Crippen MR) is 60.6 cm³/mol. The minimum absolute atomic E-state index is 0.200. The fraction of sp³-hybridized carbons (Fsp3) is 1.00. The first-order chi connectivity index (χ1) is 7.23. The molecular formula is C12H23FN2. The van der Waals surface area contributed by atoms with Crippen molar-refractivity contribution in [2.75, 3.05) is 19.6 Å². The van der Waals surface area contributed by atoms with Gasteiger partial charge in [0.05, 0.1) is 0 Å². The molecule has 2 N–H and O–H groups in total. The molecular weight excluding hydrogens is 191 g/mol. The van der Waals surface area contributed by atoms with Gasteiger partial charge in [-0.25, -0.2) is 4.39 Å². The van der Waals surface area contributed by atoms with Crippen molar-refractivity contribution >= 4 is 0 Å². The number of nitrogens with two attached hydrogens (primary N) is 1. The number of halogens is 1. The van der Waals surface area contributed by atoms with Crippen LogP contribution < -0.4 is 5.73 Å². The first kappa shape index (κ1) is 11.3. The maximum absolute atomic E-state index is 13.9. The number of alkyl halides is 1. The lowest BCUT2D eigenvalue weighted by Crippen LogP contribution is -2.49. The third-order valence-electron chi connectivity index (χ3n) is 4.15. The first-order valence-electron chi connectivity index (χ1n) is 6.37. The Labute approximate surface area is 92.0 Å². The van der Waals surface area contributed by atoms with Crippen molar-refractivity contribution in [3.8, 4) is 0 Å². The molecule has 15 heavy (non-hydrogen) atoms. The zero-order chi connectivity index (χ0) is 10.7. The van der Waals surface area contributed by atoms with Gasteiger partial charge < -0.3 is 10.6 Å². The zero-order valence-electron chi connectivity index (χ0n) is 9.55. The van der Waals surface area contributed by atoms with Crippen LogP contribution in [0, 0.1) is 0 Å². The van der Waals surface area contributed by atoms with Gasteiger partial charge in [-0.15, -0.1) is 0 Å². The van der Waals surface area contributed by atoms with Gasteiger partial charge in [-0.2, -0.15) is 0 Å². The Morgan fingerprint density at radius 1 is 1.13 bits per heavy atom. The summed E-state index contributed by atoms with van der Waals surface area (Å²) >= 11 is 0. The van der Waals surface area contributed by atoms with Crippen molar-refractivity contribution in [3.63, 3.8) is 0 Å². The van der Waals surface area contributed by atoms with Crippen LogP contribution in [-0.2, 0) is 0 Å². The Kier molecular flexibility index (Phi) is 3.62. The van der Waals surface area contributed by atoms with E-state index in [4.69, 9.17) is 5.73 Å². The lowest BCUT2D eigenvalue weighted by molar-refractivity contribution is 0.0349. The summed E-state index contributed by atoms with van der Waals surface area (Å²) in [5.41, 5.74) is 4.40. The molecule has 1 aliphatic carbocycles.